The third-order valence-electron chi connectivity index (χ3n) is 3.88. The maximum Gasteiger partial charge on any atom is 0.224 e. The summed E-state index contributed by atoms with van der Waals surface area (Å²) in [6.45, 7) is 0.556. The van der Waals surface area contributed by atoms with Crippen LogP contribution in [0.1, 0.15) is 11.3 Å². The van der Waals surface area contributed by atoms with Crippen LogP contribution in [0.15, 0.2) is 53.9 Å². The highest BCUT2D eigenvalue weighted by molar-refractivity contribution is 7.13. The Hall–Kier alpha value is -2.37. The van der Waals surface area contributed by atoms with Gasteiger partial charge < -0.3 is 10.1 Å². The number of amides is 1. The van der Waals surface area contributed by atoms with Gasteiger partial charge in [0.25, 0.3) is 0 Å². The first-order valence-electron chi connectivity index (χ1n) is 8.24. The average molecular weight is 387 g/mol. The summed E-state index contributed by atoms with van der Waals surface area (Å²) in [5.41, 5.74) is 2.85. The minimum Gasteiger partial charge on any atom is -0.497 e. The lowest BCUT2D eigenvalue weighted by molar-refractivity contribution is -0.120. The Bertz CT molecular complexity index is 878. The molecule has 0 aliphatic rings. The Labute approximate surface area is 161 Å². The van der Waals surface area contributed by atoms with E-state index in [0.29, 0.717) is 24.4 Å². The molecule has 3 aromatic rings. The molecule has 1 N–H and O–H groups in total. The maximum absolute atomic E-state index is 12.1. The lowest BCUT2D eigenvalue weighted by atomic mass is 10.1. The zero-order valence-electron chi connectivity index (χ0n) is 14.4. The first-order valence-corrected chi connectivity index (χ1v) is 9.50. The number of hydrogen-bond acceptors (Lipinski definition) is 4. The van der Waals surface area contributed by atoms with E-state index in [4.69, 9.17) is 16.3 Å². The van der Waals surface area contributed by atoms with Gasteiger partial charge in [-0.05, 0) is 23.8 Å². The fourth-order valence-corrected chi connectivity index (χ4v) is 3.68. The molecule has 0 saturated heterocycles. The van der Waals surface area contributed by atoms with Crippen LogP contribution in [0.5, 0.6) is 5.75 Å². The first-order chi connectivity index (χ1) is 12.7. The van der Waals surface area contributed by atoms with E-state index in [1.54, 1.807) is 18.4 Å². The van der Waals surface area contributed by atoms with Gasteiger partial charge in [0.2, 0.25) is 5.91 Å². The predicted molar refractivity (Wildman–Crippen MR) is 106 cm³/mol. The van der Waals surface area contributed by atoms with Crippen LogP contribution in [0.3, 0.4) is 0 Å². The molecule has 1 amide bonds. The topological polar surface area (TPSA) is 51.2 Å². The van der Waals surface area contributed by atoms with Crippen LogP contribution < -0.4 is 10.1 Å². The number of aromatic nitrogens is 1. The van der Waals surface area contributed by atoms with Gasteiger partial charge in [-0.15, -0.1) is 11.3 Å². The number of methoxy groups -OCH3 is 1. The van der Waals surface area contributed by atoms with E-state index >= 15 is 0 Å². The number of carbonyl (C=O) groups is 1. The third kappa shape index (κ3) is 4.84. The molecule has 0 atom stereocenters. The van der Waals surface area contributed by atoms with E-state index in [1.807, 2.05) is 53.9 Å². The highest BCUT2D eigenvalue weighted by atomic mass is 35.5. The first kappa shape index (κ1) is 18.4. The number of nitrogens with one attached hydrogen (secondary N) is 1. The van der Waals surface area contributed by atoms with Crippen LogP contribution in [0.4, 0.5) is 0 Å². The minimum absolute atomic E-state index is 0.00303. The van der Waals surface area contributed by atoms with Gasteiger partial charge in [-0.25, -0.2) is 4.98 Å². The molecule has 6 heteroatoms. The second-order valence-electron chi connectivity index (χ2n) is 5.75. The van der Waals surface area contributed by atoms with Crippen molar-refractivity contribution in [3.63, 3.8) is 0 Å². The Kier molecular flexibility index (Phi) is 6.26. The second-order valence-corrected chi connectivity index (χ2v) is 7.01. The van der Waals surface area contributed by atoms with Crippen molar-refractivity contribution >= 4 is 28.8 Å². The quantitative estimate of drug-likeness (QED) is 0.655. The molecular weight excluding hydrogens is 368 g/mol. The lowest BCUT2D eigenvalue weighted by Gasteiger charge is -2.05. The number of thiazole rings is 1. The molecule has 134 valence electrons. The van der Waals surface area contributed by atoms with Crippen LogP contribution in [0.25, 0.3) is 10.6 Å². The van der Waals surface area contributed by atoms with E-state index < -0.39 is 0 Å². The van der Waals surface area contributed by atoms with Gasteiger partial charge in [0.1, 0.15) is 10.8 Å². The minimum atomic E-state index is -0.00303. The van der Waals surface area contributed by atoms with Gasteiger partial charge >= 0.3 is 0 Å². The van der Waals surface area contributed by atoms with Gasteiger partial charge in [-0.3, -0.25) is 4.79 Å². The summed E-state index contributed by atoms with van der Waals surface area (Å²) in [5.74, 6) is 0.781. The van der Waals surface area contributed by atoms with Crippen LogP contribution in [0, 0.1) is 0 Å². The van der Waals surface area contributed by atoms with E-state index in [0.717, 1.165) is 27.6 Å². The fourth-order valence-electron chi connectivity index (χ4n) is 2.50. The predicted octanol–water partition coefficient (Wildman–Crippen LogP) is 4.37. The summed E-state index contributed by atoms with van der Waals surface area (Å²) >= 11 is 7.77. The number of hydrogen-bond donors (Lipinski definition) is 1. The molecular formula is C20H19ClN2O2S. The molecule has 0 radical (unpaired) electrons. The standard InChI is InChI=1S/C20H19ClN2O2S/c1-25-16-8-6-14(7-9-16)12-19(24)22-11-10-15-13-26-20(23-15)17-4-2-3-5-18(17)21/h2-9,13H,10-12H2,1H3,(H,22,24). The molecule has 0 aliphatic carbocycles. The zero-order chi connectivity index (χ0) is 18.4. The number of halogens is 1. The smallest absolute Gasteiger partial charge is 0.224 e. The molecule has 0 unspecified atom stereocenters. The van der Waals surface area contributed by atoms with E-state index in [1.165, 1.54) is 0 Å². The van der Waals surface area contributed by atoms with Crippen molar-refractivity contribution in [2.24, 2.45) is 0 Å². The van der Waals surface area contributed by atoms with E-state index in [-0.39, 0.29) is 5.91 Å². The van der Waals surface area contributed by atoms with Crippen molar-refractivity contribution in [3.8, 4) is 16.3 Å². The average Bonchev–Trinajstić information content (AvgIpc) is 3.11. The largest absolute Gasteiger partial charge is 0.497 e. The summed E-state index contributed by atoms with van der Waals surface area (Å²) < 4.78 is 5.11. The zero-order valence-corrected chi connectivity index (χ0v) is 15.9. The molecule has 26 heavy (non-hydrogen) atoms. The molecule has 0 bridgehead atoms. The molecule has 1 heterocycles. The third-order valence-corrected chi connectivity index (χ3v) is 5.14. The normalized spacial score (nSPS) is 10.5. The number of benzene rings is 2. The number of ether oxygens (including phenoxy) is 1. The van der Waals surface area contributed by atoms with Gasteiger partial charge in [0, 0.05) is 23.9 Å². The Morgan fingerprint density at radius 3 is 2.69 bits per heavy atom. The Morgan fingerprint density at radius 2 is 1.96 bits per heavy atom. The van der Waals surface area contributed by atoms with Gasteiger partial charge in [0.05, 0.1) is 24.2 Å². The maximum atomic E-state index is 12.1. The molecule has 0 fully saturated rings. The molecule has 1 aromatic heterocycles. The Balaban J connectivity index is 1.49. The van der Waals surface area contributed by atoms with Crippen molar-refractivity contribution in [1.29, 1.82) is 0 Å². The molecule has 3 rings (SSSR count). The summed E-state index contributed by atoms with van der Waals surface area (Å²) in [7, 11) is 1.62. The highest BCUT2D eigenvalue weighted by Gasteiger charge is 2.09. The number of carbonyl (C=O) groups excluding carboxylic acids is 1. The van der Waals surface area contributed by atoms with Gasteiger partial charge in [-0.2, -0.15) is 0 Å². The van der Waals surface area contributed by atoms with Crippen LogP contribution >= 0.6 is 22.9 Å². The summed E-state index contributed by atoms with van der Waals surface area (Å²) in [4.78, 5) is 16.7. The van der Waals surface area contributed by atoms with Gasteiger partial charge in [-0.1, -0.05) is 41.9 Å². The molecule has 4 nitrogen and oxygen atoms in total. The Morgan fingerprint density at radius 1 is 1.19 bits per heavy atom. The molecule has 0 aliphatic heterocycles. The second kappa shape index (κ2) is 8.83. The van der Waals surface area contributed by atoms with E-state index in [9.17, 15) is 4.79 Å². The van der Waals surface area contributed by atoms with Gasteiger partial charge in [0.15, 0.2) is 0 Å². The van der Waals surface area contributed by atoms with Crippen molar-refractivity contribution in [2.45, 2.75) is 12.8 Å². The molecule has 0 spiro atoms. The van der Waals surface area contributed by atoms with Crippen molar-refractivity contribution < 1.29 is 9.53 Å². The van der Waals surface area contributed by atoms with Crippen LogP contribution in [0.2, 0.25) is 5.02 Å². The van der Waals surface area contributed by atoms with Crippen molar-refractivity contribution in [3.05, 3.63) is 70.2 Å². The van der Waals surface area contributed by atoms with Crippen LogP contribution in [-0.2, 0) is 17.6 Å². The van der Waals surface area contributed by atoms with Crippen molar-refractivity contribution in [1.82, 2.24) is 10.3 Å². The van der Waals surface area contributed by atoms with Crippen LogP contribution in [-0.4, -0.2) is 24.5 Å². The van der Waals surface area contributed by atoms with Crippen molar-refractivity contribution in [2.75, 3.05) is 13.7 Å². The summed E-state index contributed by atoms with van der Waals surface area (Å²) in [6.07, 6.45) is 1.04. The SMILES string of the molecule is COc1ccc(CC(=O)NCCc2csc(-c3ccccc3Cl)n2)cc1. The van der Waals surface area contributed by atoms with E-state index in [2.05, 4.69) is 10.3 Å². The highest BCUT2D eigenvalue weighted by Crippen LogP contribution is 2.30. The molecule has 2 aromatic carbocycles. The molecule has 0 saturated carbocycles. The monoisotopic (exact) mass is 386 g/mol. The number of nitrogens with zero attached hydrogens (tertiary/aromatic N) is 1. The summed E-state index contributed by atoms with van der Waals surface area (Å²) in [5, 5.41) is 6.54. The fraction of sp³-hybridized carbons (Fsp3) is 0.200. The lowest BCUT2D eigenvalue weighted by Crippen LogP contribution is -2.27. The summed E-state index contributed by atoms with van der Waals surface area (Å²) in [6, 6.07) is 15.2. The number of rotatable bonds is 7.